The molecule has 1 aliphatic rings. The number of nitrogens with two attached hydrogens (primary N) is 1. The zero-order valence-electron chi connectivity index (χ0n) is 13.6. The lowest BCUT2D eigenvalue weighted by atomic mass is 10.0. The maximum Gasteiger partial charge on any atom is 0.224 e. The molecule has 0 saturated carbocycles. The van der Waals surface area contributed by atoms with Gasteiger partial charge in [0.2, 0.25) is 5.91 Å². The topological polar surface area (TPSA) is 71.2 Å². The number of fused-ring (bicyclic) bond motifs is 1. The summed E-state index contributed by atoms with van der Waals surface area (Å²) in [6.07, 6.45) is 1.91. The molecule has 2 heterocycles. The van der Waals surface area contributed by atoms with E-state index in [9.17, 15) is 4.79 Å². The number of halogens is 2. The smallest absolute Gasteiger partial charge is 0.224 e. The molecule has 0 aliphatic carbocycles. The number of rotatable bonds is 4. The van der Waals surface area contributed by atoms with Crippen LogP contribution in [0.5, 0.6) is 0 Å². The van der Waals surface area contributed by atoms with Crippen molar-refractivity contribution in [1.82, 2.24) is 10.3 Å². The van der Waals surface area contributed by atoms with E-state index >= 15 is 0 Å². The molecule has 1 atom stereocenters. The summed E-state index contributed by atoms with van der Waals surface area (Å²) in [7, 11) is 0. The second kappa shape index (κ2) is 9.42. The molecule has 0 spiro atoms. The van der Waals surface area contributed by atoms with Gasteiger partial charge in [0.15, 0.2) is 5.13 Å². The fourth-order valence-corrected chi connectivity index (χ4v) is 3.68. The van der Waals surface area contributed by atoms with E-state index in [1.165, 1.54) is 4.70 Å². The van der Waals surface area contributed by atoms with Crippen LogP contribution in [0.4, 0.5) is 5.13 Å². The summed E-state index contributed by atoms with van der Waals surface area (Å²) in [6.45, 7) is 4.13. The number of anilines is 1. The molecular formula is C16H24Cl2N4OS. The normalized spacial score (nSPS) is 16.2. The van der Waals surface area contributed by atoms with Gasteiger partial charge in [0.25, 0.3) is 0 Å². The van der Waals surface area contributed by atoms with E-state index in [-0.39, 0.29) is 42.7 Å². The third kappa shape index (κ3) is 4.72. The maximum atomic E-state index is 11.9. The summed E-state index contributed by atoms with van der Waals surface area (Å²) in [5.41, 5.74) is 6.60. The Morgan fingerprint density at radius 3 is 2.67 bits per heavy atom. The minimum Gasteiger partial charge on any atom is -0.353 e. The van der Waals surface area contributed by atoms with Crippen LogP contribution < -0.4 is 16.0 Å². The first kappa shape index (κ1) is 21.0. The first-order chi connectivity index (χ1) is 10.7. The number of amides is 1. The first-order valence-corrected chi connectivity index (χ1v) is 8.60. The molecule has 1 amide bonds. The highest BCUT2D eigenvalue weighted by Crippen LogP contribution is 2.30. The minimum atomic E-state index is -0.109. The first-order valence-electron chi connectivity index (χ1n) is 7.78. The average Bonchev–Trinajstić information content (AvgIpc) is 2.98. The van der Waals surface area contributed by atoms with Gasteiger partial charge in [-0.05, 0) is 25.0 Å². The lowest BCUT2D eigenvalue weighted by Gasteiger charge is -2.32. The van der Waals surface area contributed by atoms with Gasteiger partial charge in [-0.3, -0.25) is 4.79 Å². The van der Waals surface area contributed by atoms with Crippen LogP contribution in [0.2, 0.25) is 0 Å². The Labute approximate surface area is 158 Å². The van der Waals surface area contributed by atoms with Crippen LogP contribution in [-0.4, -0.2) is 36.6 Å². The van der Waals surface area contributed by atoms with Crippen molar-refractivity contribution in [1.29, 1.82) is 0 Å². The van der Waals surface area contributed by atoms with Gasteiger partial charge in [0.1, 0.15) is 0 Å². The number of thiazole rings is 1. The molecule has 1 aliphatic heterocycles. The number of nitrogens with zero attached hydrogens (tertiary/aromatic N) is 2. The number of benzene rings is 1. The fraction of sp³-hybridized carbons (Fsp3) is 0.500. The molecule has 8 heteroatoms. The third-order valence-electron chi connectivity index (χ3n) is 4.20. The molecule has 5 nitrogen and oxygen atoms in total. The zero-order chi connectivity index (χ0) is 15.5. The van der Waals surface area contributed by atoms with Crippen molar-refractivity contribution in [3.8, 4) is 0 Å². The number of aromatic nitrogens is 1. The van der Waals surface area contributed by atoms with Crippen LogP contribution in [0.25, 0.3) is 10.2 Å². The molecule has 2 aromatic rings. The fourth-order valence-electron chi connectivity index (χ4n) is 2.66. The Kier molecular flexibility index (Phi) is 8.22. The van der Waals surface area contributed by atoms with Crippen LogP contribution in [0.1, 0.15) is 19.8 Å². The van der Waals surface area contributed by atoms with Gasteiger partial charge in [-0.15, -0.1) is 24.8 Å². The van der Waals surface area contributed by atoms with Gasteiger partial charge >= 0.3 is 0 Å². The molecule has 1 aromatic carbocycles. The van der Waals surface area contributed by atoms with Crippen molar-refractivity contribution in [3.63, 3.8) is 0 Å². The van der Waals surface area contributed by atoms with Crippen LogP contribution >= 0.6 is 36.2 Å². The van der Waals surface area contributed by atoms with E-state index in [4.69, 9.17) is 10.7 Å². The van der Waals surface area contributed by atoms with Crippen molar-refractivity contribution >= 4 is 57.4 Å². The Hall–Kier alpha value is -1.08. The number of carbonyl (C=O) groups excluding carboxylic acids is 1. The number of nitrogens with one attached hydrogen (secondary N) is 1. The Morgan fingerprint density at radius 2 is 2.04 bits per heavy atom. The van der Waals surface area contributed by atoms with Crippen molar-refractivity contribution in [2.75, 3.05) is 24.5 Å². The highest BCUT2D eigenvalue weighted by Gasteiger charge is 2.23. The summed E-state index contributed by atoms with van der Waals surface area (Å²) in [6, 6.07) is 8.48. The molecular weight excluding hydrogens is 367 g/mol. The molecule has 0 bridgehead atoms. The van der Waals surface area contributed by atoms with Gasteiger partial charge in [0, 0.05) is 31.6 Å². The minimum absolute atomic E-state index is 0. The SMILES string of the molecule is CC(CN)C(=O)NC1CCN(c2nc3ccccc3s2)CC1.Cl.Cl. The van der Waals surface area contributed by atoms with Gasteiger partial charge in [-0.2, -0.15) is 0 Å². The average molecular weight is 391 g/mol. The Morgan fingerprint density at radius 1 is 1.38 bits per heavy atom. The predicted octanol–water partition coefficient (Wildman–Crippen LogP) is 2.82. The third-order valence-corrected chi connectivity index (χ3v) is 5.29. The van der Waals surface area contributed by atoms with E-state index in [1.807, 2.05) is 19.1 Å². The molecule has 134 valence electrons. The Bertz CT molecular complexity index is 625. The van der Waals surface area contributed by atoms with Crippen molar-refractivity contribution in [2.45, 2.75) is 25.8 Å². The maximum absolute atomic E-state index is 11.9. The number of para-hydroxylation sites is 1. The predicted molar refractivity (Wildman–Crippen MR) is 106 cm³/mol. The van der Waals surface area contributed by atoms with Gasteiger partial charge in [-0.25, -0.2) is 4.98 Å². The molecule has 3 N–H and O–H groups in total. The van der Waals surface area contributed by atoms with Crippen molar-refractivity contribution in [3.05, 3.63) is 24.3 Å². The summed E-state index contributed by atoms with van der Waals surface area (Å²) in [5, 5.41) is 4.19. The summed E-state index contributed by atoms with van der Waals surface area (Å²) in [5.74, 6) is -0.0387. The summed E-state index contributed by atoms with van der Waals surface area (Å²) in [4.78, 5) is 18.9. The van der Waals surface area contributed by atoms with Gasteiger partial charge in [0.05, 0.1) is 10.2 Å². The second-order valence-electron chi connectivity index (χ2n) is 5.87. The molecule has 1 fully saturated rings. The Balaban J connectivity index is 0.00000144. The highest BCUT2D eigenvalue weighted by atomic mass is 35.5. The standard InChI is InChI=1S/C16H22N4OS.2ClH/c1-11(10-17)15(21)18-12-6-8-20(9-7-12)16-19-13-4-2-3-5-14(13)22-16;;/h2-5,11-12H,6-10,17H2,1H3,(H,18,21);2*1H. The van der Waals surface area contributed by atoms with Gasteiger partial charge < -0.3 is 16.0 Å². The number of piperidine rings is 1. The van der Waals surface area contributed by atoms with Crippen LogP contribution in [0.3, 0.4) is 0 Å². The lowest BCUT2D eigenvalue weighted by molar-refractivity contribution is -0.125. The summed E-state index contributed by atoms with van der Waals surface area (Å²) >= 11 is 1.74. The number of carbonyl (C=O) groups is 1. The molecule has 24 heavy (non-hydrogen) atoms. The molecule has 0 radical (unpaired) electrons. The second-order valence-corrected chi connectivity index (χ2v) is 6.88. The van der Waals surface area contributed by atoms with E-state index < -0.39 is 0 Å². The van der Waals surface area contributed by atoms with Crippen LogP contribution in [0, 0.1) is 5.92 Å². The largest absolute Gasteiger partial charge is 0.353 e. The van der Waals surface area contributed by atoms with Crippen LogP contribution in [-0.2, 0) is 4.79 Å². The van der Waals surface area contributed by atoms with E-state index in [2.05, 4.69) is 22.3 Å². The molecule has 1 saturated heterocycles. The van der Waals surface area contributed by atoms with E-state index in [0.29, 0.717) is 6.54 Å². The van der Waals surface area contributed by atoms with Crippen molar-refractivity contribution in [2.24, 2.45) is 11.7 Å². The molecule has 3 rings (SSSR count). The lowest BCUT2D eigenvalue weighted by Crippen LogP contribution is -2.46. The van der Waals surface area contributed by atoms with E-state index in [1.54, 1.807) is 11.3 Å². The zero-order valence-corrected chi connectivity index (χ0v) is 16.1. The molecule has 1 aromatic heterocycles. The monoisotopic (exact) mass is 390 g/mol. The number of hydrogen-bond acceptors (Lipinski definition) is 5. The highest BCUT2D eigenvalue weighted by molar-refractivity contribution is 7.22. The molecule has 1 unspecified atom stereocenters. The quantitative estimate of drug-likeness (QED) is 0.841. The van der Waals surface area contributed by atoms with E-state index in [0.717, 1.165) is 36.6 Å². The number of hydrogen-bond donors (Lipinski definition) is 2. The summed E-state index contributed by atoms with van der Waals surface area (Å²) < 4.78 is 1.23. The van der Waals surface area contributed by atoms with Crippen molar-refractivity contribution < 1.29 is 4.79 Å². The van der Waals surface area contributed by atoms with Gasteiger partial charge in [-0.1, -0.05) is 30.4 Å². The van der Waals surface area contributed by atoms with Crippen LogP contribution in [0.15, 0.2) is 24.3 Å².